The van der Waals surface area contributed by atoms with Gasteiger partial charge >= 0.3 is 17.9 Å². The molecule has 0 spiro atoms. The Morgan fingerprint density at radius 2 is 0.600 bits per heavy atom. The lowest BCUT2D eigenvalue weighted by Crippen LogP contribution is -2.30. The molecule has 0 aromatic heterocycles. The van der Waals surface area contributed by atoms with E-state index < -0.39 is 6.10 Å². The van der Waals surface area contributed by atoms with Crippen molar-refractivity contribution in [2.45, 2.75) is 284 Å². The van der Waals surface area contributed by atoms with E-state index in [0.717, 1.165) is 77.0 Å². The van der Waals surface area contributed by atoms with Gasteiger partial charge in [-0.25, -0.2) is 0 Å². The van der Waals surface area contributed by atoms with Crippen LogP contribution in [0.15, 0.2) is 60.8 Å². The van der Waals surface area contributed by atoms with E-state index in [1.54, 1.807) is 0 Å². The minimum absolute atomic E-state index is 0.0880. The van der Waals surface area contributed by atoms with Gasteiger partial charge in [0, 0.05) is 19.3 Å². The molecular weight excluding hydrogens is 805 g/mol. The van der Waals surface area contributed by atoms with Crippen LogP contribution in [0.3, 0.4) is 0 Å². The molecule has 0 saturated heterocycles. The van der Waals surface area contributed by atoms with E-state index in [2.05, 4.69) is 81.5 Å². The molecule has 0 unspecified atom stereocenters. The van der Waals surface area contributed by atoms with Crippen molar-refractivity contribution in [2.24, 2.45) is 0 Å². The van der Waals surface area contributed by atoms with Gasteiger partial charge < -0.3 is 14.2 Å². The molecule has 6 heteroatoms. The standard InChI is InChI=1S/C59H104O6/c1-4-7-10-13-16-19-22-24-26-28-29-31-33-35-38-40-43-46-49-52-58(61)64-55-56(65-59(62)53-50-47-44-41-36-21-18-15-12-9-6-3)54-63-57(60)51-48-45-42-39-37-34-32-30-27-25-23-20-17-14-11-8-5-2/h8,11,17,20,25,27,32,34,39,42,56H,4-7,9-10,12-16,18-19,21-24,26,28-31,33,35-38,40-41,43-55H2,1-3H3/b11-8-,20-17-,27-25-,34-32-,42-39-/t56-/m1/s1. The van der Waals surface area contributed by atoms with Crippen LogP contribution in [0.4, 0.5) is 0 Å². The van der Waals surface area contributed by atoms with Gasteiger partial charge in [-0.1, -0.05) is 261 Å². The predicted octanol–water partition coefficient (Wildman–Crippen LogP) is 18.4. The maximum atomic E-state index is 12.8. The van der Waals surface area contributed by atoms with E-state index in [4.69, 9.17) is 14.2 Å². The van der Waals surface area contributed by atoms with Gasteiger partial charge in [-0.05, 0) is 57.8 Å². The van der Waals surface area contributed by atoms with Crippen LogP contribution < -0.4 is 0 Å². The maximum absolute atomic E-state index is 12.8. The summed E-state index contributed by atoms with van der Waals surface area (Å²) in [6.45, 7) is 6.50. The molecule has 65 heavy (non-hydrogen) atoms. The van der Waals surface area contributed by atoms with Gasteiger partial charge in [0.05, 0.1) is 0 Å². The van der Waals surface area contributed by atoms with Crippen LogP contribution in [0.2, 0.25) is 0 Å². The van der Waals surface area contributed by atoms with E-state index in [1.807, 2.05) is 0 Å². The lowest BCUT2D eigenvalue weighted by atomic mass is 10.0. The first-order chi connectivity index (χ1) is 32.0. The van der Waals surface area contributed by atoms with Crippen LogP contribution in [0, 0.1) is 0 Å². The molecule has 6 nitrogen and oxygen atoms in total. The van der Waals surface area contributed by atoms with Crippen LogP contribution in [0.25, 0.3) is 0 Å². The van der Waals surface area contributed by atoms with E-state index in [-0.39, 0.29) is 37.5 Å². The Morgan fingerprint density at radius 3 is 0.938 bits per heavy atom. The Labute approximate surface area is 402 Å². The van der Waals surface area contributed by atoms with Crippen molar-refractivity contribution < 1.29 is 28.6 Å². The normalized spacial score (nSPS) is 12.5. The molecular formula is C59H104O6. The molecule has 0 heterocycles. The van der Waals surface area contributed by atoms with E-state index in [0.29, 0.717) is 19.3 Å². The number of rotatable bonds is 50. The summed E-state index contributed by atoms with van der Waals surface area (Å²) < 4.78 is 16.8. The zero-order chi connectivity index (χ0) is 47.2. The lowest BCUT2D eigenvalue weighted by molar-refractivity contribution is -0.167. The van der Waals surface area contributed by atoms with Gasteiger partial charge in [0.15, 0.2) is 6.10 Å². The second-order valence-electron chi connectivity index (χ2n) is 18.5. The minimum atomic E-state index is -0.792. The minimum Gasteiger partial charge on any atom is -0.462 e. The molecule has 0 aliphatic rings. The SMILES string of the molecule is CC/C=C\C/C=C\C/C=C\C/C=C\C/C=C\CCCC(=O)OC[C@H](COC(=O)CCCCCCCCCCCCCCCCCCCCC)OC(=O)CCCCCCCCCCCCC. The average molecular weight is 909 g/mol. The first-order valence-electron chi connectivity index (χ1n) is 27.8. The number of allylic oxidation sites excluding steroid dienone is 10. The van der Waals surface area contributed by atoms with Crippen molar-refractivity contribution in [3.05, 3.63) is 60.8 Å². The van der Waals surface area contributed by atoms with Gasteiger partial charge in [-0.15, -0.1) is 0 Å². The second kappa shape index (κ2) is 53.7. The zero-order valence-electron chi connectivity index (χ0n) is 43.0. The number of carbonyl (C=O) groups excluding carboxylic acids is 3. The Morgan fingerprint density at radius 1 is 0.323 bits per heavy atom. The second-order valence-corrected chi connectivity index (χ2v) is 18.5. The molecule has 0 aliphatic heterocycles. The highest BCUT2D eigenvalue weighted by atomic mass is 16.6. The van der Waals surface area contributed by atoms with E-state index in [9.17, 15) is 14.4 Å². The van der Waals surface area contributed by atoms with Gasteiger partial charge in [0.1, 0.15) is 13.2 Å². The molecule has 0 amide bonds. The van der Waals surface area contributed by atoms with Crippen molar-refractivity contribution in [3.63, 3.8) is 0 Å². The fourth-order valence-electron chi connectivity index (χ4n) is 7.89. The van der Waals surface area contributed by atoms with Crippen LogP contribution >= 0.6 is 0 Å². The Balaban J connectivity index is 4.36. The third-order valence-corrected chi connectivity index (χ3v) is 12.0. The van der Waals surface area contributed by atoms with Gasteiger partial charge in [-0.2, -0.15) is 0 Å². The number of hydrogen-bond acceptors (Lipinski definition) is 6. The molecule has 0 fully saturated rings. The number of hydrogen-bond donors (Lipinski definition) is 0. The maximum Gasteiger partial charge on any atom is 0.306 e. The zero-order valence-corrected chi connectivity index (χ0v) is 43.0. The van der Waals surface area contributed by atoms with Gasteiger partial charge in [0.2, 0.25) is 0 Å². The highest BCUT2D eigenvalue weighted by Crippen LogP contribution is 2.16. The fourth-order valence-corrected chi connectivity index (χ4v) is 7.89. The smallest absolute Gasteiger partial charge is 0.306 e. The molecule has 1 atom stereocenters. The summed E-state index contributed by atoms with van der Waals surface area (Å²) in [5.41, 5.74) is 0. The van der Waals surface area contributed by atoms with Crippen LogP contribution in [0.1, 0.15) is 278 Å². The van der Waals surface area contributed by atoms with Crippen LogP contribution in [0.5, 0.6) is 0 Å². The van der Waals surface area contributed by atoms with Crippen LogP contribution in [-0.2, 0) is 28.6 Å². The number of carbonyl (C=O) groups is 3. The molecule has 376 valence electrons. The monoisotopic (exact) mass is 909 g/mol. The number of unbranched alkanes of at least 4 members (excludes halogenated alkanes) is 29. The Kier molecular flexibility index (Phi) is 51.3. The third-order valence-electron chi connectivity index (χ3n) is 12.0. The number of esters is 3. The summed E-state index contributed by atoms with van der Waals surface area (Å²) in [7, 11) is 0. The molecule has 0 bridgehead atoms. The van der Waals surface area contributed by atoms with Crippen molar-refractivity contribution in [1.29, 1.82) is 0 Å². The molecule has 0 aliphatic carbocycles. The summed E-state index contributed by atoms with van der Waals surface area (Å²) in [5.74, 6) is -0.939. The molecule has 0 radical (unpaired) electrons. The third kappa shape index (κ3) is 51.9. The molecule has 0 rings (SSSR count). The largest absolute Gasteiger partial charge is 0.462 e. The van der Waals surface area contributed by atoms with Crippen LogP contribution in [-0.4, -0.2) is 37.2 Å². The highest BCUT2D eigenvalue weighted by Gasteiger charge is 2.19. The van der Waals surface area contributed by atoms with Crippen molar-refractivity contribution in [2.75, 3.05) is 13.2 Å². The van der Waals surface area contributed by atoms with Gasteiger partial charge in [-0.3, -0.25) is 14.4 Å². The summed E-state index contributed by atoms with van der Waals surface area (Å²) in [4.78, 5) is 38.0. The van der Waals surface area contributed by atoms with Crippen molar-refractivity contribution in [1.82, 2.24) is 0 Å². The van der Waals surface area contributed by atoms with Crippen molar-refractivity contribution >= 4 is 17.9 Å². The quantitative estimate of drug-likeness (QED) is 0.0262. The molecule has 0 N–H and O–H groups in total. The molecule has 0 aromatic carbocycles. The summed E-state index contributed by atoms with van der Waals surface area (Å²) in [6.07, 6.45) is 66.5. The predicted molar refractivity (Wildman–Crippen MR) is 279 cm³/mol. The summed E-state index contributed by atoms with van der Waals surface area (Å²) in [5, 5.41) is 0. The Bertz CT molecular complexity index is 1180. The van der Waals surface area contributed by atoms with E-state index >= 15 is 0 Å². The summed E-state index contributed by atoms with van der Waals surface area (Å²) >= 11 is 0. The summed E-state index contributed by atoms with van der Waals surface area (Å²) in [6, 6.07) is 0. The lowest BCUT2D eigenvalue weighted by Gasteiger charge is -2.18. The highest BCUT2D eigenvalue weighted by molar-refractivity contribution is 5.71. The Hall–Kier alpha value is -2.89. The topological polar surface area (TPSA) is 78.9 Å². The molecule has 0 aromatic rings. The fraction of sp³-hybridized carbons (Fsp3) is 0.780. The number of ether oxygens (including phenoxy) is 3. The average Bonchev–Trinajstić information content (AvgIpc) is 3.30. The van der Waals surface area contributed by atoms with Crippen molar-refractivity contribution in [3.8, 4) is 0 Å². The first kappa shape index (κ1) is 62.1. The van der Waals surface area contributed by atoms with Gasteiger partial charge in [0.25, 0.3) is 0 Å². The first-order valence-corrected chi connectivity index (χ1v) is 27.8. The molecule has 0 saturated carbocycles. The van der Waals surface area contributed by atoms with E-state index in [1.165, 1.54) is 154 Å².